The molecule has 4 rings (SSSR count). The number of aromatic nitrogens is 2. The summed E-state index contributed by atoms with van der Waals surface area (Å²) in [6.45, 7) is -0.173. The van der Waals surface area contributed by atoms with Gasteiger partial charge < -0.3 is 19.3 Å². The summed E-state index contributed by atoms with van der Waals surface area (Å²) >= 11 is 0. The minimum absolute atomic E-state index is 0.173. The van der Waals surface area contributed by atoms with Crippen LogP contribution >= 0.6 is 0 Å². The van der Waals surface area contributed by atoms with Gasteiger partial charge in [-0.25, -0.2) is 0 Å². The summed E-state index contributed by atoms with van der Waals surface area (Å²) < 4.78 is 16.2. The highest BCUT2D eigenvalue weighted by Gasteiger charge is 2.16. The largest absolute Gasteiger partial charge is 0.493 e. The number of carbonyl (C=O) groups excluding carboxylic acids is 1. The molecule has 0 bridgehead atoms. The van der Waals surface area contributed by atoms with Crippen LogP contribution in [0.15, 0.2) is 83.4 Å². The van der Waals surface area contributed by atoms with E-state index in [2.05, 4.69) is 15.5 Å². The molecule has 0 unspecified atom stereocenters. The van der Waals surface area contributed by atoms with Gasteiger partial charge in [-0.1, -0.05) is 59.8 Å². The van der Waals surface area contributed by atoms with E-state index in [9.17, 15) is 4.79 Å². The number of carbonyl (C=O) groups is 1. The Morgan fingerprint density at radius 2 is 1.63 bits per heavy atom. The van der Waals surface area contributed by atoms with Crippen molar-refractivity contribution < 1.29 is 18.8 Å². The van der Waals surface area contributed by atoms with Gasteiger partial charge in [0.15, 0.2) is 18.1 Å². The number of para-hydroxylation sites is 3. The van der Waals surface area contributed by atoms with Crippen LogP contribution in [0.4, 0.5) is 5.69 Å². The Bertz CT molecular complexity index is 1140. The van der Waals surface area contributed by atoms with Gasteiger partial charge in [0.2, 0.25) is 5.82 Å². The first-order valence-corrected chi connectivity index (χ1v) is 9.29. The molecule has 3 aromatic carbocycles. The summed E-state index contributed by atoms with van der Waals surface area (Å²) in [6, 6.07) is 23.9. The molecule has 1 amide bonds. The lowest BCUT2D eigenvalue weighted by molar-refractivity contribution is -0.118. The summed E-state index contributed by atoms with van der Waals surface area (Å²) in [5, 5.41) is 6.87. The molecule has 1 heterocycles. The SMILES string of the molecule is COc1ccccc1OCC(=O)Nc1ccccc1-c1nc(-c2ccccc2)no1. The van der Waals surface area contributed by atoms with Crippen molar-refractivity contribution >= 4 is 11.6 Å². The third kappa shape index (κ3) is 4.30. The lowest BCUT2D eigenvalue weighted by atomic mass is 10.1. The van der Waals surface area contributed by atoms with Crippen LogP contribution in [0.25, 0.3) is 22.8 Å². The number of benzene rings is 3. The number of methoxy groups -OCH3 is 1. The predicted octanol–water partition coefficient (Wildman–Crippen LogP) is 4.43. The van der Waals surface area contributed by atoms with E-state index in [1.54, 1.807) is 31.4 Å². The molecule has 0 aliphatic heterocycles. The molecule has 7 heteroatoms. The Labute approximate surface area is 173 Å². The Kier molecular flexibility index (Phi) is 5.70. The molecule has 1 aromatic heterocycles. The molecule has 0 saturated heterocycles. The van der Waals surface area contributed by atoms with Gasteiger partial charge >= 0.3 is 0 Å². The van der Waals surface area contributed by atoms with E-state index in [1.165, 1.54) is 0 Å². The molecule has 0 aliphatic carbocycles. The van der Waals surface area contributed by atoms with Gasteiger partial charge in [-0.15, -0.1) is 0 Å². The smallest absolute Gasteiger partial charge is 0.262 e. The topological polar surface area (TPSA) is 86.5 Å². The van der Waals surface area contributed by atoms with Crippen LogP contribution in [0.3, 0.4) is 0 Å². The zero-order chi connectivity index (χ0) is 20.8. The van der Waals surface area contributed by atoms with Crippen LogP contribution in [0.2, 0.25) is 0 Å². The van der Waals surface area contributed by atoms with Gasteiger partial charge in [0.05, 0.1) is 18.4 Å². The summed E-state index contributed by atoms with van der Waals surface area (Å²) in [4.78, 5) is 16.9. The van der Waals surface area contributed by atoms with Crippen molar-refractivity contribution in [2.75, 3.05) is 19.0 Å². The van der Waals surface area contributed by atoms with Crippen molar-refractivity contribution in [2.24, 2.45) is 0 Å². The molecule has 7 nitrogen and oxygen atoms in total. The fourth-order valence-corrected chi connectivity index (χ4v) is 2.88. The average Bonchev–Trinajstić information content (AvgIpc) is 3.29. The van der Waals surface area contributed by atoms with Crippen LogP contribution < -0.4 is 14.8 Å². The first-order valence-electron chi connectivity index (χ1n) is 9.29. The second-order valence-corrected chi connectivity index (χ2v) is 6.32. The number of hydrogen-bond donors (Lipinski definition) is 1. The summed E-state index contributed by atoms with van der Waals surface area (Å²) in [5.41, 5.74) is 2.02. The third-order valence-electron chi connectivity index (χ3n) is 4.32. The Morgan fingerprint density at radius 1 is 0.933 bits per heavy atom. The number of rotatable bonds is 7. The Morgan fingerprint density at radius 3 is 2.43 bits per heavy atom. The number of nitrogens with zero attached hydrogens (tertiary/aromatic N) is 2. The zero-order valence-electron chi connectivity index (χ0n) is 16.2. The zero-order valence-corrected chi connectivity index (χ0v) is 16.2. The number of hydrogen-bond acceptors (Lipinski definition) is 6. The molecule has 30 heavy (non-hydrogen) atoms. The van der Waals surface area contributed by atoms with Crippen LogP contribution in [0, 0.1) is 0 Å². The van der Waals surface area contributed by atoms with E-state index < -0.39 is 0 Å². The average molecular weight is 401 g/mol. The van der Waals surface area contributed by atoms with Gasteiger partial charge in [-0.3, -0.25) is 4.79 Å². The van der Waals surface area contributed by atoms with Gasteiger partial charge in [0, 0.05) is 5.56 Å². The van der Waals surface area contributed by atoms with Crippen molar-refractivity contribution in [3.05, 3.63) is 78.9 Å². The number of nitrogens with one attached hydrogen (secondary N) is 1. The summed E-state index contributed by atoms with van der Waals surface area (Å²) in [7, 11) is 1.55. The van der Waals surface area contributed by atoms with E-state index in [4.69, 9.17) is 14.0 Å². The Balaban J connectivity index is 1.48. The van der Waals surface area contributed by atoms with Gasteiger partial charge in [0.1, 0.15) is 0 Å². The molecular formula is C23H19N3O4. The first-order chi connectivity index (χ1) is 14.7. The highest BCUT2D eigenvalue weighted by molar-refractivity contribution is 5.95. The maximum atomic E-state index is 12.5. The van der Waals surface area contributed by atoms with Gasteiger partial charge in [-0.05, 0) is 24.3 Å². The van der Waals surface area contributed by atoms with Crippen LogP contribution in [-0.2, 0) is 4.79 Å². The van der Waals surface area contributed by atoms with Crippen molar-refractivity contribution in [3.63, 3.8) is 0 Å². The lowest BCUT2D eigenvalue weighted by Crippen LogP contribution is -2.20. The van der Waals surface area contributed by atoms with E-state index in [1.807, 2.05) is 54.6 Å². The molecule has 0 aliphatic rings. The molecule has 0 saturated carbocycles. The molecule has 0 fully saturated rings. The fourth-order valence-electron chi connectivity index (χ4n) is 2.88. The maximum Gasteiger partial charge on any atom is 0.262 e. The monoisotopic (exact) mass is 401 g/mol. The summed E-state index contributed by atoms with van der Waals surface area (Å²) in [5.74, 6) is 1.52. The Hall–Kier alpha value is -4.13. The van der Waals surface area contributed by atoms with E-state index in [0.717, 1.165) is 5.56 Å². The third-order valence-corrected chi connectivity index (χ3v) is 4.32. The molecule has 150 valence electrons. The lowest BCUT2D eigenvalue weighted by Gasteiger charge is -2.11. The molecule has 0 atom stereocenters. The van der Waals surface area contributed by atoms with Gasteiger partial charge in [-0.2, -0.15) is 4.98 Å². The standard InChI is InChI=1S/C23H19N3O4/c1-28-19-13-7-8-14-20(19)29-15-21(27)24-18-12-6-5-11-17(18)23-25-22(26-30-23)16-9-3-2-4-10-16/h2-14H,15H2,1H3,(H,24,27). The highest BCUT2D eigenvalue weighted by Crippen LogP contribution is 2.29. The fraction of sp³-hybridized carbons (Fsp3) is 0.0870. The van der Waals surface area contributed by atoms with Crippen molar-refractivity contribution in [1.82, 2.24) is 10.1 Å². The van der Waals surface area contributed by atoms with Crippen molar-refractivity contribution in [1.29, 1.82) is 0 Å². The number of ether oxygens (including phenoxy) is 2. The molecular weight excluding hydrogens is 382 g/mol. The van der Waals surface area contributed by atoms with E-state index in [0.29, 0.717) is 34.5 Å². The van der Waals surface area contributed by atoms with Crippen LogP contribution in [-0.4, -0.2) is 29.8 Å². The predicted molar refractivity (Wildman–Crippen MR) is 112 cm³/mol. The second kappa shape index (κ2) is 8.91. The maximum absolute atomic E-state index is 12.5. The first kappa shape index (κ1) is 19.2. The number of amides is 1. The van der Waals surface area contributed by atoms with E-state index >= 15 is 0 Å². The number of anilines is 1. The van der Waals surface area contributed by atoms with Crippen molar-refractivity contribution in [2.45, 2.75) is 0 Å². The molecule has 4 aromatic rings. The minimum Gasteiger partial charge on any atom is -0.493 e. The van der Waals surface area contributed by atoms with Crippen LogP contribution in [0.5, 0.6) is 11.5 Å². The summed E-state index contributed by atoms with van der Waals surface area (Å²) in [6.07, 6.45) is 0. The highest BCUT2D eigenvalue weighted by atomic mass is 16.5. The quantitative estimate of drug-likeness (QED) is 0.493. The molecule has 0 spiro atoms. The van der Waals surface area contributed by atoms with Crippen molar-refractivity contribution in [3.8, 4) is 34.3 Å². The minimum atomic E-state index is -0.323. The van der Waals surface area contributed by atoms with E-state index in [-0.39, 0.29) is 12.5 Å². The molecule has 1 N–H and O–H groups in total. The molecule has 0 radical (unpaired) electrons. The normalized spacial score (nSPS) is 10.4. The van der Waals surface area contributed by atoms with Crippen LogP contribution in [0.1, 0.15) is 0 Å². The second-order valence-electron chi connectivity index (χ2n) is 6.32. The van der Waals surface area contributed by atoms with Gasteiger partial charge in [0.25, 0.3) is 11.8 Å².